The van der Waals surface area contributed by atoms with Crippen LogP contribution in [0.2, 0.25) is 0 Å². The average Bonchev–Trinajstić information content (AvgIpc) is 2.60. The van der Waals surface area contributed by atoms with Gasteiger partial charge in [-0.1, -0.05) is 6.92 Å². The number of carbonyl (C=O) groups is 3. The molecule has 2 aromatic rings. The number of aromatic nitrogens is 1. The first kappa shape index (κ1) is 16.2. The Morgan fingerprint density at radius 3 is 2.17 bits per heavy atom. The third-order valence-electron chi connectivity index (χ3n) is 2.97. The maximum atomic E-state index is 11.9. The smallest absolute Gasteiger partial charge is 0.271 e. The average molecular weight is 312 g/mol. The lowest BCUT2D eigenvalue weighted by Crippen LogP contribution is -2.41. The Morgan fingerprint density at radius 2 is 1.61 bits per heavy atom. The lowest BCUT2D eigenvalue weighted by Gasteiger charge is -2.08. The van der Waals surface area contributed by atoms with Gasteiger partial charge >= 0.3 is 0 Å². The number of pyridine rings is 1. The second kappa shape index (κ2) is 7.69. The maximum Gasteiger partial charge on any atom is 0.271 e. The van der Waals surface area contributed by atoms with Crippen LogP contribution in [0.15, 0.2) is 48.8 Å². The maximum absolute atomic E-state index is 11.9. The molecule has 23 heavy (non-hydrogen) atoms. The van der Waals surface area contributed by atoms with Crippen molar-refractivity contribution < 1.29 is 14.4 Å². The minimum absolute atomic E-state index is 0.106. The van der Waals surface area contributed by atoms with Crippen molar-refractivity contribution in [3.63, 3.8) is 0 Å². The van der Waals surface area contributed by atoms with E-state index in [0.717, 1.165) is 0 Å². The molecule has 118 valence electrons. The highest BCUT2D eigenvalue weighted by atomic mass is 16.2. The fourth-order valence-electron chi connectivity index (χ4n) is 1.71. The number of amides is 3. The number of rotatable bonds is 4. The SMILES string of the molecule is CCC(=O)Nc1ccc(C(=O)NNC(=O)c2cccnc2)cc1. The molecule has 0 saturated carbocycles. The molecular formula is C16H16N4O3. The molecule has 3 amide bonds. The molecule has 0 aliphatic heterocycles. The van der Waals surface area contributed by atoms with Crippen molar-refractivity contribution in [1.29, 1.82) is 0 Å². The predicted octanol–water partition coefficient (Wildman–Crippen LogP) is 1.50. The highest BCUT2D eigenvalue weighted by Crippen LogP contribution is 2.09. The standard InChI is InChI=1S/C16H16N4O3/c1-2-14(21)18-13-7-5-11(6-8-13)15(22)19-20-16(23)12-4-3-9-17-10-12/h3-10H,2H2,1H3,(H,18,21)(H,19,22)(H,20,23). The molecule has 3 N–H and O–H groups in total. The van der Waals surface area contributed by atoms with Crippen LogP contribution >= 0.6 is 0 Å². The third-order valence-corrected chi connectivity index (χ3v) is 2.97. The van der Waals surface area contributed by atoms with Gasteiger partial charge in [-0.3, -0.25) is 30.2 Å². The molecule has 0 aliphatic rings. The fraction of sp³-hybridized carbons (Fsp3) is 0.125. The van der Waals surface area contributed by atoms with Crippen LogP contribution in [0, 0.1) is 0 Å². The first-order chi connectivity index (χ1) is 11.1. The van der Waals surface area contributed by atoms with Crippen molar-refractivity contribution in [1.82, 2.24) is 15.8 Å². The molecule has 0 saturated heterocycles. The monoisotopic (exact) mass is 312 g/mol. The Labute approximate surface area is 133 Å². The van der Waals surface area contributed by atoms with Crippen molar-refractivity contribution in [2.24, 2.45) is 0 Å². The second-order valence-electron chi connectivity index (χ2n) is 4.63. The van der Waals surface area contributed by atoms with Gasteiger partial charge in [0.05, 0.1) is 5.56 Å². The quantitative estimate of drug-likeness (QED) is 0.745. The van der Waals surface area contributed by atoms with Crippen LogP contribution in [0.4, 0.5) is 5.69 Å². The Bertz CT molecular complexity index is 699. The predicted molar refractivity (Wildman–Crippen MR) is 84.5 cm³/mol. The molecule has 2 rings (SSSR count). The van der Waals surface area contributed by atoms with Gasteiger partial charge in [-0.05, 0) is 36.4 Å². The summed E-state index contributed by atoms with van der Waals surface area (Å²) >= 11 is 0. The largest absolute Gasteiger partial charge is 0.326 e. The molecule has 1 heterocycles. The van der Waals surface area contributed by atoms with Gasteiger partial charge in [0.25, 0.3) is 11.8 Å². The summed E-state index contributed by atoms with van der Waals surface area (Å²) in [5, 5.41) is 2.68. The van der Waals surface area contributed by atoms with Crippen molar-refractivity contribution in [2.75, 3.05) is 5.32 Å². The number of hydrogen-bond acceptors (Lipinski definition) is 4. The summed E-state index contributed by atoms with van der Waals surface area (Å²) in [4.78, 5) is 38.8. The molecule has 0 aliphatic carbocycles. The zero-order valence-electron chi connectivity index (χ0n) is 12.5. The summed E-state index contributed by atoms with van der Waals surface area (Å²) < 4.78 is 0. The van der Waals surface area contributed by atoms with Gasteiger partial charge in [0.15, 0.2) is 0 Å². The normalized spacial score (nSPS) is 9.78. The van der Waals surface area contributed by atoms with Crippen LogP contribution in [0.25, 0.3) is 0 Å². The lowest BCUT2D eigenvalue weighted by atomic mass is 10.2. The molecular weight excluding hydrogens is 296 g/mol. The van der Waals surface area contributed by atoms with E-state index in [0.29, 0.717) is 23.2 Å². The fourth-order valence-corrected chi connectivity index (χ4v) is 1.71. The first-order valence-electron chi connectivity index (χ1n) is 7.00. The van der Waals surface area contributed by atoms with Crippen molar-refractivity contribution in [2.45, 2.75) is 13.3 Å². The van der Waals surface area contributed by atoms with Gasteiger partial charge in [-0.25, -0.2) is 0 Å². The summed E-state index contributed by atoms with van der Waals surface area (Å²) in [5.41, 5.74) is 5.92. The van der Waals surface area contributed by atoms with Crippen LogP contribution in [-0.2, 0) is 4.79 Å². The number of carbonyl (C=O) groups excluding carboxylic acids is 3. The van der Waals surface area contributed by atoms with Crippen molar-refractivity contribution >= 4 is 23.4 Å². The number of nitrogens with zero attached hydrogens (tertiary/aromatic N) is 1. The minimum atomic E-state index is -0.462. The molecule has 1 aromatic carbocycles. The highest BCUT2D eigenvalue weighted by Gasteiger charge is 2.09. The van der Waals surface area contributed by atoms with Crippen molar-refractivity contribution in [3.8, 4) is 0 Å². The molecule has 1 aromatic heterocycles. The second-order valence-corrected chi connectivity index (χ2v) is 4.63. The number of hydrogen-bond donors (Lipinski definition) is 3. The topological polar surface area (TPSA) is 100 Å². The summed E-state index contributed by atoms with van der Waals surface area (Å²) in [7, 11) is 0. The minimum Gasteiger partial charge on any atom is -0.326 e. The summed E-state index contributed by atoms with van der Waals surface area (Å²) in [6, 6.07) is 9.55. The Morgan fingerprint density at radius 1 is 0.957 bits per heavy atom. The Hall–Kier alpha value is -3.22. The Balaban J connectivity index is 1.91. The van der Waals surface area contributed by atoms with Gasteiger partial charge < -0.3 is 5.32 Å². The van der Waals surface area contributed by atoms with E-state index in [2.05, 4.69) is 21.2 Å². The van der Waals surface area contributed by atoms with Crippen LogP contribution in [0.3, 0.4) is 0 Å². The van der Waals surface area contributed by atoms with Gasteiger partial charge in [0.1, 0.15) is 0 Å². The van der Waals surface area contributed by atoms with Crippen LogP contribution in [-0.4, -0.2) is 22.7 Å². The van der Waals surface area contributed by atoms with Gasteiger partial charge in [-0.15, -0.1) is 0 Å². The summed E-state index contributed by atoms with van der Waals surface area (Å²) in [6.45, 7) is 1.75. The van der Waals surface area contributed by atoms with E-state index in [1.807, 2.05) is 0 Å². The molecule has 0 spiro atoms. The molecule has 0 fully saturated rings. The van der Waals surface area contributed by atoms with Crippen LogP contribution in [0.5, 0.6) is 0 Å². The molecule has 0 bridgehead atoms. The summed E-state index contributed by atoms with van der Waals surface area (Å²) in [6.07, 6.45) is 3.32. The van der Waals surface area contributed by atoms with Crippen LogP contribution < -0.4 is 16.2 Å². The van der Waals surface area contributed by atoms with E-state index in [-0.39, 0.29) is 5.91 Å². The lowest BCUT2D eigenvalue weighted by molar-refractivity contribution is -0.115. The van der Waals surface area contributed by atoms with E-state index in [9.17, 15) is 14.4 Å². The molecule has 0 radical (unpaired) electrons. The van der Waals surface area contributed by atoms with Crippen LogP contribution in [0.1, 0.15) is 34.1 Å². The van der Waals surface area contributed by atoms with E-state index in [4.69, 9.17) is 0 Å². The first-order valence-corrected chi connectivity index (χ1v) is 7.00. The van der Waals surface area contributed by atoms with E-state index >= 15 is 0 Å². The highest BCUT2D eigenvalue weighted by molar-refractivity contribution is 5.99. The third kappa shape index (κ3) is 4.63. The molecule has 0 atom stereocenters. The zero-order chi connectivity index (χ0) is 16.7. The molecule has 7 nitrogen and oxygen atoms in total. The number of nitrogens with one attached hydrogen (secondary N) is 3. The molecule has 7 heteroatoms. The summed E-state index contributed by atoms with van der Waals surface area (Å²) in [5.74, 6) is -1.03. The number of benzene rings is 1. The van der Waals surface area contributed by atoms with Crippen molar-refractivity contribution in [3.05, 3.63) is 59.9 Å². The van der Waals surface area contributed by atoms with Gasteiger partial charge in [-0.2, -0.15) is 0 Å². The van der Waals surface area contributed by atoms with Gasteiger partial charge in [0.2, 0.25) is 5.91 Å². The van der Waals surface area contributed by atoms with E-state index in [1.165, 1.54) is 6.20 Å². The number of hydrazine groups is 1. The van der Waals surface area contributed by atoms with E-state index < -0.39 is 11.8 Å². The van der Waals surface area contributed by atoms with Gasteiger partial charge in [0, 0.05) is 30.1 Å². The van der Waals surface area contributed by atoms with E-state index in [1.54, 1.807) is 49.5 Å². The molecule has 0 unspecified atom stereocenters. The Kier molecular flexibility index (Phi) is 5.40. The zero-order valence-corrected chi connectivity index (χ0v) is 12.5. The number of anilines is 1.